The Balaban J connectivity index is 0.000000231. The summed E-state index contributed by atoms with van der Waals surface area (Å²) in [6, 6.07) is 4.49. The van der Waals surface area contributed by atoms with E-state index in [-0.39, 0.29) is 16.8 Å². The minimum absolute atomic E-state index is 0.145. The van der Waals surface area contributed by atoms with Crippen LogP contribution in [0.15, 0.2) is 35.1 Å². The summed E-state index contributed by atoms with van der Waals surface area (Å²) in [5, 5.41) is 18.3. The number of aliphatic hydroxyl groups is 1. The van der Waals surface area contributed by atoms with E-state index < -0.39 is 5.60 Å². The summed E-state index contributed by atoms with van der Waals surface area (Å²) in [6.45, 7) is 0. The maximum atomic E-state index is 12.5. The monoisotopic (exact) mass is 489 g/mol. The van der Waals surface area contributed by atoms with Gasteiger partial charge in [-0.2, -0.15) is 5.10 Å². The molecule has 0 amide bonds. The van der Waals surface area contributed by atoms with E-state index in [1.54, 1.807) is 31.0 Å². The van der Waals surface area contributed by atoms with Crippen molar-refractivity contribution in [3.63, 3.8) is 0 Å². The summed E-state index contributed by atoms with van der Waals surface area (Å²) >= 11 is 5.48. The average molecular weight is 490 g/mol. The lowest BCUT2D eigenvalue weighted by molar-refractivity contribution is 0.0324. The molecule has 182 valence electrons. The first kappa shape index (κ1) is 24.2. The van der Waals surface area contributed by atoms with Gasteiger partial charge in [-0.15, -0.1) is 0 Å². The number of halogens is 2. The Labute approximate surface area is 202 Å². The molecule has 5 rings (SSSR count). The van der Waals surface area contributed by atoms with Gasteiger partial charge in [0.25, 0.3) is 0 Å². The molecular weight excluding hydrogens is 461 g/mol. The third kappa shape index (κ3) is 4.95. The zero-order valence-corrected chi connectivity index (χ0v) is 19.9. The number of aryl methyl sites for hydroxylation is 1. The van der Waals surface area contributed by atoms with E-state index in [1.807, 2.05) is 0 Å². The summed E-state index contributed by atoms with van der Waals surface area (Å²) in [4.78, 5) is 15.5. The van der Waals surface area contributed by atoms with Crippen LogP contribution in [0.5, 0.6) is 0 Å². The number of carbonyl (C=O) groups is 1. The zero-order chi connectivity index (χ0) is 24.5. The van der Waals surface area contributed by atoms with E-state index in [0.717, 1.165) is 43.4 Å². The Morgan fingerprint density at radius 1 is 1.38 bits per heavy atom. The van der Waals surface area contributed by atoms with Crippen molar-refractivity contribution in [1.82, 2.24) is 14.8 Å². The predicted octanol–water partition coefficient (Wildman–Crippen LogP) is 4.20. The number of aldehydes is 1. The molecule has 2 aliphatic carbocycles. The van der Waals surface area contributed by atoms with E-state index in [2.05, 4.69) is 15.4 Å². The van der Waals surface area contributed by atoms with Crippen molar-refractivity contribution >= 4 is 29.4 Å². The number of oxazole rings is 1. The normalized spacial score (nSPS) is 25.5. The number of nitrogens with one attached hydrogen (secondary N) is 1. The number of rotatable bonds is 5. The molecular formula is C24H29ClFN5O3. The number of hydrogen-bond donors (Lipinski definition) is 3. The molecule has 2 heterocycles. The fraction of sp³-hybridized carbons (Fsp3) is 0.458. The molecule has 2 unspecified atom stereocenters. The number of aromatic nitrogens is 3. The second kappa shape index (κ2) is 9.76. The molecule has 0 spiro atoms. The van der Waals surface area contributed by atoms with E-state index in [4.69, 9.17) is 21.8 Å². The van der Waals surface area contributed by atoms with Crippen LogP contribution in [-0.4, -0.2) is 38.8 Å². The fourth-order valence-electron chi connectivity index (χ4n) is 5.41. The quantitative estimate of drug-likeness (QED) is 0.459. The predicted molar refractivity (Wildman–Crippen MR) is 127 cm³/mol. The lowest BCUT2D eigenvalue weighted by atomic mass is 9.90. The largest absolute Gasteiger partial charge is 0.449 e. The van der Waals surface area contributed by atoms with Crippen LogP contribution < -0.4 is 11.1 Å². The smallest absolute Gasteiger partial charge is 0.196 e. The van der Waals surface area contributed by atoms with Crippen molar-refractivity contribution < 1.29 is 18.7 Å². The molecule has 1 aromatic carbocycles. The molecule has 0 bridgehead atoms. The van der Waals surface area contributed by atoms with Crippen molar-refractivity contribution in [3.05, 3.63) is 58.6 Å². The lowest BCUT2D eigenvalue weighted by Crippen LogP contribution is -2.29. The van der Waals surface area contributed by atoms with Crippen LogP contribution in [0.2, 0.25) is 5.02 Å². The summed E-state index contributed by atoms with van der Waals surface area (Å²) in [7, 11) is 3.51. The van der Waals surface area contributed by atoms with Crippen LogP contribution in [0.1, 0.15) is 53.5 Å². The number of nitrogens with two attached hydrogens (primary N) is 1. The topological polar surface area (TPSA) is 119 Å². The number of benzene rings is 1. The average Bonchev–Trinajstić information content (AvgIpc) is 3.56. The molecule has 2 aromatic heterocycles. The minimum Gasteiger partial charge on any atom is -0.449 e. The number of hydrogen-bond acceptors (Lipinski definition) is 7. The molecule has 0 radical (unpaired) electrons. The van der Waals surface area contributed by atoms with Crippen LogP contribution in [0.4, 0.5) is 15.9 Å². The van der Waals surface area contributed by atoms with Gasteiger partial charge in [-0.25, -0.2) is 9.37 Å². The van der Waals surface area contributed by atoms with E-state index in [1.165, 1.54) is 18.4 Å². The molecule has 0 saturated heterocycles. The van der Waals surface area contributed by atoms with Crippen molar-refractivity contribution in [2.24, 2.45) is 18.9 Å². The van der Waals surface area contributed by atoms with Crippen LogP contribution in [0, 0.1) is 17.7 Å². The van der Waals surface area contributed by atoms with Gasteiger partial charge in [0.2, 0.25) is 0 Å². The highest BCUT2D eigenvalue weighted by molar-refractivity contribution is 6.31. The molecule has 4 N–H and O–H groups in total. The minimum atomic E-state index is -0.734. The van der Waals surface area contributed by atoms with Crippen LogP contribution in [0.25, 0.3) is 0 Å². The highest BCUT2D eigenvalue weighted by Crippen LogP contribution is 2.54. The Kier molecular flexibility index (Phi) is 6.95. The van der Waals surface area contributed by atoms with Crippen molar-refractivity contribution in [2.75, 3.05) is 18.1 Å². The second-order valence-corrected chi connectivity index (χ2v) is 9.64. The molecule has 2 atom stereocenters. The van der Waals surface area contributed by atoms with Crippen molar-refractivity contribution in [1.29, 1.82) is 0 Å². The van der Waals surface area contributed by atoms with Gasteiger partial charge < -0.3 is 20.6 Å². The van der Waals surface area contributed by atoms with Gasteiger partial charge >= 0.3 is 0 Å². The Hall–Kier alpha value is -2.91. The number of anilines is 2. The van der Waals surface area contributed by atoms with Crippen LogP contribution in [-0.2, 0) is 13.5 Å². The zero-order valence-electron chi connectivity index (χ0n) is 19.2. The number of fused-ring (bicyclic) bond motifs is 1. The van der Waals surface area contributed by atoms with Gasteiger partial charge in [-0.3, -0.25) is 9.48 Å². The van der Waals surface area contributed by atoms with Gasteiger partial charge in [0.15, 0.2) is 12.2 Å². The Morgan fingerprint density at radius 3 is 2.65 bits per heavy atom. The second-order valence-electron chi connectivity index (χ2n) is 9.23. The fourth-order valence-corrected chi connectivity index (χ4v) is 5.59. The first-order valence-corrected chi connectivity index (χ1v) is 11.6. The lowest BCUT2D eigenvalue weighted by Gasteiger charge is -2.23. The number of carbonyl (C=O) groups excluding carboxylic acids is 1. The van der Waals surface area contributed by atoms with Gasteiger partial charge in [-0.1, -0.05) is 11.6 Å². The maximum absolute atomic E-state index is 12.5. The standard InChI is InChI=1S/C17H22N4O3.C7H7ClFN/c1-21-16(18)13(9-22)15(20-21)10-4-11-6-17(23,7-12(11)5-10)8-14-19-2-3-24-14;1-10-5-2-3-7(9)6(8)4-5/h2-3,9-12,23H,4-8,18H2,1H3;2-4,10H,1H3. The third-order valence-electron chi connectivity index (χ3n) is 6.96. The first-order valence-electron chi connectivity index (χ1n) is 11.2. The highest BCUT2D eigenvalue weighted by Gasteiger charge is 2.50. The molecule has 0 aliphatic heterocycles. The van der Waals surface area contributed by atoms with E-state index >= 15 is 0 Å². The molecule has 2 saturated carbocycles. The van der Waals surface area contributed by atoms with Crippen LogP contribution >= 0.6 is 11.6 Å². The highest BCUT2D eigenvalue weighted by atomic mass is 35.5. The molecule has 3 aromatic rings. The first-order chi connectivity index (χ1) is 16.2. The molecule has 8 nitrogen and oxygen atoms in total. The van der Waals surface area contributed by atoms with E-state index in [9.17, 15) is 14.3 Å². The Morgan fingerprint density at radius 2 is 2.09 bits per heavy atom. The summed E-state index contributed by atoms with van der Waals surface area (Å²) in [5.74, 6) is 1.76. The summed E-state index contributed by atoms with van der Waals surface area (Å²) < 4.78 is 19.3. The van der Waals surface area contributed by atoms with Crippen molar-refractivity contribution in [2.45, 2.75) is 43.6 Å². The van der Waals surface area contributed by atoms with Crippen LogP contribution in [0.3, 0.4) is 0 Å². The van der Waals surface area contributed by atoms with Gasteiger partial charge in [0.05, 0.1) is 34.5 Å². The maximum Gasteiger partial charge on any atom is 0.196 e. The molecule has 2 aliphatic rings. The van der Waals surface area contributed by atoms with Gasteiger partial charge in [0.1, 0.15) is 17.9 Å². The number of nitrogens with zero attached hydrogens (tertiary/aromatic N) is 3. The summed E-state index contributed by atoms with van der Waals surface area (Å²) in [5.41, 5.74) is 7.35. The van der Waals surface area contributed by atoms with Gasteiger partial charge in [-0.05, 0) is 55.7 Å². The SMILES string of the molecule is CNc1ccc(F)c(Cl)c1.Cn1nc(C2CC3CC(O)(Cc4ncco4)CC3C2)c(C=O)c1N. The molecule has 34 heavy (non-hydrogen) atoms. The van der Waals surface area contributed by atoms with E-state index in [0.29, 0.717) is 35.5 Å². The summed E-state index contributed by atoms with van der Waals surface area (Å²) in [6.07, 6.45) is 7.79. The van der Waals surface area contributed by atoms with Crippen molar-refractivity contribution in [3.8, 4) is 0 Å². The molecule has 2 fully saturated rings. The molecule has 10 heteroatoms. The Bertz CT molecular complexity index is 1140. The van der Waals surface area contributed by atoms with Gasteiger partial charge in [0, 0.05) is 25.7 Å². The number of nitrogen functional groups attached to an aromatic ring is 1. The third-order valence-corrected chi connectivity index (χ3v) is 7.25.